The SMILES string of the molecule is C=Nc1ccccc1NCCCC(C)C. The highest BCUT2D eigenvalue weighted by atomic mass is 14.9. The zero-order chi connectivity index (χ0) is 11.1. The van der Waals surface area contributed by atoms with Crippen LogP contribution in [0.1, 0.15) is 26.7 Å². The number of nitrogens with zero attached hydrogens (tertiary/aromatic N) is 1. The van der Waals surface area contributed by atoms with Crippen LogP contribution in [0.2, 0.25) is 0 Å². The number of hydrogen-bond acceptors (Lipinski definition) is 2. The van der Waals surface area contributed by atoms with E-state index in [0.29, 0.717) is 0 Å². The van der Waals surface area contributed by atoms with Crippen molar-refractivity contribution in [2.24, 2.45) is 10.9 Å². The monoisotopic (exact) mass is 204 g/mol. The summed E-state index contributed by atoms with van der Waals surface area (Å²) in [6, 6.07) is 8.00. The molecule has 0 atom stereocenters. The topological polar surface area (TPSA) is 24.4 Å². The molecular weight excluding hydrogens is 184 g/mol. The Balaban J connectivity index is 2.40. The van der Waals surface area contributed by atoms with E-state index in [1.54, 1.807) is 0 Å². The van der Waals surface area contributed by atoms with Gasteiger partial charge in [0.25, 0.3) is 0 Å². The minimum Gasteiger partial charge on any atom is -0.383 e. The molecule has 0 spiro atoms. The van der Waals surface area contributed by atoms with Gasteiger partial charge in [0.2, 0.25) is 0 Å². The number of rotatable bonds is 6. The van der Waals surface area contributed by atoms with Crippen LogP contribution in [0.4, 0.5) is 11.4 Å². The molecule has 1 N–H and O–H groups in total. The minimum atomic E-state index is 0.777. The van der Waals surface area contributed by atoms with Crippen LogP contribution < -0.4 is 5.32 Å². The summed E-state index contributed by atoms with van der Waals surface area (Å²) in [5.41, 5.74) is 2.01. The first kappa shape index (κ1) is 11.8. The number of anilines is 1. The molecule has 0 bridgehead atoms. The summed E-state index contributed by atoms with van der Waals surface area (Å²) >= 11 is 0. The van der Waals surface area contributed by atoms with Gasteiger partial charge in [0.05, 0.1) is 11.4 Å². The lowest BCUT2D eigenvalue weighted by molar-refractivity contribution is 0.567. The van der Waals surface area contributed by atoms with E-state index in [1.165, 1.54) is 12.8 Å². The van der Waals surface area contributed by atoms with Crippen molar-refractivity contribution in [1.29, 1.82) is 0 Å². The number of para-hydroxylation sites is 2. The van der Waals surface area contributed by atoms with Crippen molar-refractivity contribution in [3.05, 3.63) is 24.3 Å². The normalized spacial score (nSPS) is 10.3. The van der Waals surface area contributed by atoms with Gasteiger partial charge in [-0.2, -0.15) is 0 Å². The molecule has 0 fully saturated rings. The van der Waals surface area contributed by atoms with Crippen LogP contribution in [-0.4, -0.2) is 13.3 Å². The van der Waals surface area contributed by atoms with Gasteiger partial charge in [0.1, 0.15) is 0 Å². The van der Waals surface area contributed by atoms with Crippen LogP contribution in [0.25, 0.3) is 0 Å². The summed E-state index contributed by atoms with van der Waals surface area (Å²) in [6.07, 6.45) is 2.46. The van der Waals surface area contributed by atoms with Crippen molar-refractivity contribution < 1.29 is 0 Å². The van der Waals surface area contributed by atoms with Gasteiger partial charge in [-0.05, 0) is 37.6 Å². The number of nitrogens with one attached hydrogen (secondary N) is 1. The van der Waals surface area contributed by atoms with Gasteiger partial charge in [-0.15, -0.1) is 0 Å². The second kappa shape index (κ2) is 6.23. The average molecular weight is 204 g/mol. The summed E-state index contributed by atoms with van der Waals surface area (Å²) in [6.45, 7) is 9.06. The maximum atomic E-state index is 3.97. The number of aliphatic imine (C=N–C) groups is 1. The largest absolute Gasteiger partial charge is 0.383 e. The van der Waals surface area contributed by atoms with E-state index in [1.807, 2.05) is 24.3 Å². The molecule has 82 valence electrons. The van der Waals surface area contributed by atoms with Crippen molar-refractivity contribution in [2.75, 3.05) is 11.9 Å². The third kappa shape index (κ3) is 4.15. The van der Waals surface area contributed by atoms with Crippen LogP contribution in [0.15, 0.2) is 29.3 Å². The van der Waals surface area contributed by atoms with Crippen LogP contribution in [0.5, 0.6) is 0 Å². The summed E-state index contributed by atoms with van der Waals surface area (Å²) < 4.78 is 0. The van der Waals surface area contributed by atoms with E-state index < -0.39 is 0 Å². The quantitative estimate of drug-likeness (QED) is 0.552. The Morgan fingerprint density at radius 1 is 1.33 bits per heavy atom. The predicted octanol–water partition coefficient (Wildman–Crippen LogP) is 3.87. The Hall–Kier alpha value is -1.31. The molecule has 0 saturated carbocycles. The van der Waals surface area contributed by atoms with E-state index in [2.05, 4.69) is 30.9 Å². The molecule has 1 aromatic rings. The van der Waals surface area contributed by atoms with E-state index in [0.717, 1.165) is 23.8 Å². The second-order valence-corrected chi connectivity index (χ2v) is 4.14. The second-order valence-electron chi connectivity index (χ2n) is 4.14. The third-order valence-electron chi connectivity index (χ3n) is 2.35. The molecule has 0 amide bonds. The van der Waals surface area contributed by atoms with Gasteiger partial charge in [0.15, 0.2) is 0 Å². The lowest BCUT2D eigenvalue weighted by Gasteiger charge is -2.09. The predicted molar refractivity (Wildman–Crippen MR) is 68.2 cm³/mol. The van der Waals surface area contributed by atoms with E-state index in [9.17, 15) is 0 Å². The molecule has 0 aromatic heterocycles. The van der Waals surface area contributed by atoms with Crippen LogP contribution in [0.3, 0.4) is 0 Å². The zero-order valence-electron chi connectivity index (χ0n) is 9.66. The third-order valence-corrected chi connectivity index (χ3v) is 2.35. The van der Waals surface area contributed by atoms with Crippen molar-refractivity contribution in [3.8, 4) is 0 Å². The van der Waals surface area contributed by atoms with Gasteiger partial charge < -0.3 is 5.32 Å². The Morgan fingerprint density at radius 2 is 2.07 bits per heavy atom. The molecule has 1 rings (SSSR count). The first-order chi connectivity index (χ1) is 7.24. The molecule has 0 aliphatic rings. The van der Waals surface area contributed by atoms with Gasteiger partial charge in [-0.25, -0.2) is 0 Å². The Bertz CT molecular complexity index is 305. The Labute approximate surface area is 92.4 Å². The van der Waals surface area contributed by atoms with Gasteiger partial charge in [-0.3, -0.25) is 4.99 Å². The summed E-state index contributed by atoms with van der Waals surface area (Å²) in [7, 11) is 0. The Morgan fingerprint density at radius 3 is 2.73 bits per heavy atom. The first-order valence-electron chi connectivity index (χ1n) is 5.53. The molecule has 0 heterocycles. The zero-order valence-corrected chi connectivity index (χ0v) is 9.66. The standard InChI is InChI=1S/C13H20N2/c1-11(2)7-6-10-15-13-9-5-4-8-12(13)14-3/h4-5,8-9,11,15H,3,6-7,10H2,1-2H3. The molecule has 0 aliphatic heterocycles. The van der Waals surface area contributed by atoms with Crippen molar-refractivity contribution >= 4 is 18.1 Å². The lowest BCUT2D eigenvalue weighted by atomic mass is 10.1. The average Bonchev–Trinajstić information content (AvgIpc) is 2.24. The summed E-state index contributed by atoms with van der Waals surface area (Å²) in [5.74, 6) is 0.777. The van der Waals surface area contributed by atoms with Crippen molar-refractivity contribution in [1.82, 2.24) is 0 Å². The summed E-state index contributed by atoms with van der Waals surface area (Å²) in [5, 5.41) is 3.39. The highest BCUT2D eigenvalue weighted by Gasteiger charge is 1.98. The molecule has 15 heavy (non-hydrogen) atoms. The van der Waals surface area contributed by atoms with E-state index >= 15 is 0 Å². The van der Waals surface area contributed by atoms with Crippen LogP contribution in [0, 0.1) is 5.92 Å². The lowest BCUT2D eigenvalue weighted by Crippen LogP contribution is -2.03. The maximum Gasteiger partial charge on any atom is 0.0853 e. The fourth-order valence-corrected chi connectivity index (χ4v) is 1.49. The number of hydrogen-bond donors (Lipinski definition) is 1. The maximum absolute atomic E-state index is 3.97. The Kier molecular flexibility index (Phi) is 4.88. The fraction of sp³-hybridized carbons (Fsp3) is 0.462. The molecule has 0 unspecified atom stereocenters. The highest BCUT2D eigenvalue weighted by molar-refractivity contribution is 5.67. The van der Waals surface area contributed by atoms with Gasteiger partial charge >= 0.3 is 0 Å². The van der Waals surface area contributed by atoms with E-state index in [4.69, 9.17) is 0 Å². The van der Waals surface area contributed by atoms with Gasteiger partial charge in [-0.1, -0.05) is 26.0 Å². The van der Waals surface area contributed by atoms with E-state index in [-0.39, 0.29) is 0 Å². The minimum absolute atomic E-state index is 0.777. The first-order valence-corrected chi connectivity index (χ1v) is 5.53. The fourth-order valence-electron chi connectivity index (χ4n) is 1.49. The molecule has 2 heteroatoms. The number of benzene rings is 1. The molecule has 2 nitrogen and oxygen atoms in total. The van der Waals surface area contributed by atoms with Gasteiger partial charge in [0, 0.05) is 6.54 Å². The van der Waals surface area contributed by atoms with Crippen LogP contribution in [-0.2, 0) is 0 Å². The highest BCUT2D eigenvalue weighted by Crippen LogP contribution is 2.23. The van der Waals surface area contributed by atoms with Crippen LogP contribution >= 0.6 is 0 Å². The molecule has 0 aliphatic carbocycles. The molecular formula is C13H20N2. The molecule has 0 saturated heterocycles. The molecule has 0 radical (unpaired) electrons. The molecule has 1 aromatic carbocycles. The summed E-state index contributed by atoms with van der Waals surface area (Å²) in [4.78, 5) is 3.97. The van der Waals surface area contributed by atoms with Crippen molar-refractivity contribution in [2.45, 2.75) is 26.7 Å². The smallest absolute Gasteiger partial charge is 0.0853 e. The van der Waals surface area contributed by atoms with Crippen molar-refractivity contribution in [3.63, 3.8) is 0 Å².